The Balaban J connectivity index is 1.67. The van der Waals surface area contributed by atoms with Crippen LogP contribution in [0.15, 0.2) is 60.7 Å². The summed E-state index contributed by atoms with van der Waals surface area (Å²) in [5.74, 6) is 0.906. The van der Waals surface area contributed by atoms with Gasteiger partial charge in [0.2, 0.25) is 5.91 Å². The number of ether oxygens (including phenoxy) is 1. The van der Waals surface area contributed by atoms with Crippen LogP contribution in [-0.4, -0.2) is 42.0 Å². The zero-order chi connectivity index (χ0) is 21.3. The number of aromatic nitrogens is 1. The number of carbonyl (C=O) groups is 2. The minimum atomic E-state index is -0.635. The SMILES string of the molecule is COc1cccc(CNC(=O)[C@@H](CCSC)NC(=O)c2ccc3ccccc3n2)c1. The Morgan fingerprint density at radius 3 is 2.73 bits per heavy atom. The molecule has 1 aromatic heterocycles. The summed E-state index contributed by atoms with van der Waals surface area (Å²) in [6, 6.07) is 18.0. The van der Waals surface area contributed by atoms with E-state index >= 15 is 0 Å². The Morgan fingerprint density at radius 1 is 1.10 bits per heavy atom. The molecule has 0 aliphatic heterocycles. The predicted octanol–water partition coefficient (Wildman–Crippen LogP) is 3.41. The minimum absolute atomic E-state index is 0.221. The molecule has 1 atom stereocenters. The number of para-hydroxylation sites is 1. The molecule has 7 heteroatoms. The molecule has 156 valence electrons. The molecule has 0 fully saturated rings. The van der Waals surface area contributed by atoms with Gasteiger partial charge in [-0.25, -0.2) is 4.98 Å². The van der Waals surface area contributed by atoms with Crippen LogP contribution in [0.25, 0.3) is 10.9 Å². The Hall–Kier alpha value is -3.06. The Kier molecular flexibility index (Phi) is 7.68. The van der Waals surface area contributed by atoms with E-state index in [1.54, 1.807) is 24.9 Å². The fraction of sp³-hybridized carbons (Fsp3) is 0.261. The molecule has 3 aromatic rings. The van der Waals surface area contributed by atoms with Gasteiger partial charge < -0.3 is 15.4 Å². The maximum atomic E-state index is 12.8. The quantitative estimate of drug-likeness (QED) is 0.551. The number of methoxy groups -OCH3 is 1. The van der Waals surface area contributed by atoms with E-state index in [2.05, 4.69) is 15.6 Å². The van der Waals surface area contributed by atoms with E-state index < -0.39 is 6.04 Å². The van der Waals surface area contributed by atoms with Crippen LogP contribution >= 0.6 is 11.8 Å². The van der Waals surface area contributed by atoms with E-state index in [0.29, 0.717) is 18.7 Å². The number of nitrogens with zero attached hydrogens (tertiary/aromatic N) is 1. The van der Waals surface area contributed by atoms with Gasteiger partial charge >= 0.3 is 0 Å². The van der Waals surface area contributed by atoms with E-state index in [1.807, 2.05) is 60.9 Å². The number of benzene rings is 2. The van der Waals surface area contributed by atoms with Gasteiger partial charge in [-0.1, -0.05) is 36.4 Å². The molecule has 2 amide bonds. The monoisotopic (exact) mass is 423 g/mol. The van der Waals surface area contributed by atoms with E-state index in [0.717, 1.165) is 28.0 Å². The van der Waals surface area contributed by atoms with Crippen molar-refractivity contribution in [2.75, 3.05) is 19.1 Å². The summed E-state index contributed by atoms with van der Waals surface area (Å²) >= 11 is 1.63. The van der Waals surface area contributed by atoms with Gasteiger partial charge in [0.25, 0.3) is 5.91 Å². The Labute approximate surface area is 180 Å². The number of nitrogens with one attached hydrogen (secondary N) is 2. The Morgan fingerprint density at radius 2 is 1.93 bits per heavy atom. The van der Waals surface area contributed by atoms with E-state index in [9.17, 15) is 9.59 Å². The average Bonchev–Trinajstić information content (AvgIpc) is 2.79. The topological polar surface area (TPSA) is 80.3 Å². The van der Waals surface area contributed by atoms with E-state index in [-0.39, 0.29) is 11.8 Å². The highest BCUT2D eigenvalue weighted by Gasteiger charge is 2.21. The standard InChI is InChI=1S/C23H25N3O3S/c1-29-18-8-5-6-16(14-18)15-24-22(27)21(12-13-30-2)26-23(28)20-11-10-17-7-3-4-9-19(17)25-20/h3-11,14,21H,12-13,15H2,1-2H3,(H,24,27)(H,26,28)/t21-/m1/s1. The molecule has 2 N–H and O–H groups in total. The second-order valence-electron chi connectivity index (χ2n) is 6.77. The summed E-state index contributed by atoms with van der Waals surface area (Å²) in [6.07, 6.45) is 2.50. The number of amides is 2. The second kappa shape index (κ2) is 10.6. The zero-order valence-electron chi connectivity index (χ0n) is 17.1. The first-order chi connectivity index (χ1) is 14.6. The van der Waals surface area contributed by atoms with Crippen LogP contribution in [0.4, 0.5) is 0 Å². The minimum Gasteiger partial charge on any atom is -0.497 e. The van der Waals surface area contributed by atoms with Gasteiger partial charge in [0.1, 0.15) is 17.5 Å². The first kappa shape index (κ1) is 21.6. The number of pyridine rings is 1. The zero-order valence-corrected chi connectivity index (χ0v) is 17.9. The molecule has 0 aliphatic carbocycles. The van der Waals surface area contributed by atoms with Crippen LogP contribution in [0.5, 0.6) is 5.75 Å². The van der Waals surface area contributed by atoms with Crippen molar-refractivity contribution < 1.29 is 14.3 Å². The number of carbonyl (C=O) groups excluding carboxylic acids is 2. The van der Waals surface area contributed by atoms with Crippen molar-refractivity contribution in [1.29, 1.82) is 0 Å². The van der Waals surface area contributed by atoms with Crippen molar-refractivity contribution in [3.63, 3.8) is 0 Å². The third-order valence-electron chi connectivity index (χ3n) is 4.66. The molecule has 0 radical (unpaired) electrons. The summed E-state index contributed by atoms with van der Waals surface area (Å²) in [4.78, 5) is 29.9. The van der Waals surface area contributed by atoms with Gasteiger partial charge in [0.15, 0.2) is 0 Å². The lowest BCUT2D eigenvalue weighted by Crippen LogP contribution is -2.47. The van der Waals surface area contributed by atoms with Crippen LogP contribution < -0.4 is 15.4 Å². The summed E-state index contributed by atoms with van der Waals surface area (Å²) in [5, 5.41) is 6.71. The second-order valence-corrected chi connectivity index (χ2v) is 7.75. The van der Waals surface area contributed by atoms with Gasteiger partial charge in [-0.3, -0.25) is 9.59 Å². The molecule has 0 aliphatic rings. The number of thioether (sulfide) groups is 1. The highest BCUT2D eigenvalue weighted by molar-refractivity contribution is 7.98. The molecule has 1 heterocycles. The third-order valence-corrected chi connectivity index (χ3v) is 5.31. The van der Waals surface area contributed by atoms with Gasteiger partial charge in [-0.15, -0.1) is 0 Å². The smallest absolute Gasteiger partial charge is 0.270 e. The normalized spacial score (nSPS) is 11.7. The first-order valence-electron chi connectivity index (χ1n) is 9.67. The lowest BCUT2D eigenvalue weighted by atomic mass is 10.1. The van der Waals surface area contributed by atoms with Gasteiger partial charge in [-0.2, -0.15) is 11.8 Å². The van der Waals surface area contributed by atoms with Crippen LogP contribution in [0, 0.1) is 0 Å². The van der Waals surface area contributed by atoms with Gasteiger partial charge in [0.05, 0.1) is 12.6 Å². The van der Waals surface area contributed by atoms with Crippen molar-refractivity contribution in [3.8, 4) is 5.75 Å². The van der Waals surface area contributed by atoms with Crippen molar-refractivity contribution in [2.24, 2.45) is 0 Å². The predicted molar refractivity (Wildman–Crippen MR) is 121 cm³/mol. The molecule has 0 saturated heterocycles. The molecule has 0 bridgehead atoms. The summed E-state index contributed by atoms with van der Waals surface area (Å²) < 4.78 is 5.21. The van der Waals surface area contributed by atoms with Crippen molar-refractivity contribution in [3.05, 3.63) is 71.9 Å². The summed E-state index contributed by atoms with van der Waals surface area (Å²) in [6.45, 7) is 0.357. The molecule has 6 nitrogen and oxygen atoms in total. The fourth-order valence-electron chi connectivity index (χ4n) is 3.02. The molecular weight excluding hydrogens is 398 g/mol. The van der Waals surface area contributed by atoms with Crippen molar-refractivity contribution in [1.82, 2.24) is 15.6 Å². The number of rotatable bonds is 9. The first-order valence-corrected chi connectivity index (χ1v) is 11.1. The van der Waals surface area contributed by atoms with Crippen LogP contribution in [0.3, 0.4) is 0 Å². The van der Waals surface area contributed by atoms with Crippen molar-refractivity contribution in [2.45, 2.75) is 19.0 Å². The summed E-state index contributed by atoms with van der Waals surface area (Å²) in [7, 11) is 1.60. The molecule has 0 unspecified atom stereocenters. The highest BCUT2D eigenvalue weighted by atomic mass is 32.2. The summed E-state index contributed by atoms with van der Waals surface area (Å²) in [5.41, 5.74) is 1.96. The maximum Gasteiger partial charge on any atom is 0.270 e. The van der Waals surface area contributed by atoms with Crippen molar-refractivity contribution >= 4 is 34.5 Å². The molecule has 0 spiro atoms. The molecular formula is C23H25N3O3S. The lowest BCUT2D eigenvalue weighted by Gasteiger charge is -2.18. The Bertz CT molecular complexity index is 1030. The third kappa shape index (κ3) is 5.73. The molecule has 30 heavy (non-hydrogen) atoms. The van der Waals surface area contributed by atoms with Crippen LogP contribution in [-0.2, 0) is 11.3 Å². The van der Waals surface area contributed by atoms with E-state index in [4.69, 9.17) is 4.74 Å². The maximum absolute atomic E-state index is 12.8. The number of hydrogen-bond acceptors (Lipinski definition) is 5. The largest absolute Gasteiger partial charge is 0.497 e. The lowest BCUT2D eigenvalue weighted by molar-refractivity contribution is -0.123. The molecule has 2 aromatic carbocycles. The molecule has 0 saturated carbocycles. The molecule has 3 rings (SSSR count). The van der Waals surface area contributed by atoms with E-state index in [1.165, 1.54) is 0 Å². The average molecular weight is 424 g/mol. The van der Waals surface area contributed by atoms with Crippen LogP contribution in [0.1, 0.15) is 22.5 Å². The fourth-order valence-corrected chi connectivity index (χ4v) is 3.50. The number of hydrogen-bond donors (Lipinski definition) is 2. The van der Waals surface area contributed by atoms with Crippen LogP contribution in [0.2, 0.25) is 0 Å². The number of fused-ring (bicyclic) bond motifs is 1. The van der Waals surface area contributed by atoms with Gasteiger partial charge in [0, 0.05) is 11.9 Å². The highest BCUT2D eigenvalue weighted by Crippen LogP contribution is 2.13. The van der Waals surface area contributed by atoms with Gasteiger partial charge in [-0.05, 0) is 48.3 Å².